The summed E-state index contributed by atoms with van der Waals surface area (Å²) in [6.45, 7) is 5.91. The van der Waals surface area contributed by atoms with Crippen molar-refractivity contribution in [3.8, 4) is 0 Å². The van der Waals surface area contributed by atoms with Gasteiger partial charge in [-0.05, 0) is 67.8 Å². The zero-order valence-electron chi connectivity index (χ0n) is 17.2. The van der Waals surface area contributed by atoms with E-state index in [-0.39, 0.29) is 17.9 Å². The summed E-state index contributed by atoms with van der Waals surface area (Å²) in [6, 6.07) is 18.3. The molecule has 0 saturated carbocycles. The van der Waals surface area contributed by atoms with Gasteiger partial charge in [0.15, 0.2) is 0 Å². The van der Waals surface area contributed by atoms with Crippen LogP contribution in [0.15, 0.2) is 71.9 Å². The lowest BCUT2D eigenvalue weighted by Crippen LogP contribution is -2.45. The molecule has 1 aliphatic heterocycles. The van der Waals surface area contributed by atoms with Crippen LogP contribution in [0.1, 0.15) is 51.6 Å². The van der Waals surface area contributed by atoms with Gasteiger partial charge in [0.2, 0.25) is 5.91 Å². The van der Waals surface area contributed by atoms with Crippen molar-refractivity contribution in [1.29, 1.82) is 0 Å². The second kappa shape index (κ2) is 8.03. The number of carbonyl (C=O) groups excluding carboxylic acids is 2. The number of anilines is 1. The van der Waals surface area contributed by atoms with Crippen LogP contribution in [0.25, 0.3) is 0 Å². The minimum absolute atomic E-state index is 0.196. The Balaban J connectivity index is 1.74. The molecular formula is C25H23N3O2. The normalized spacial score (nSPS) is 17.3. The molecule has 0 unspecified atom stereocenters. The molecule has 0 saturated heterocycles. The number of aliphatic imine (C=N–C) groups is 1. The molecule has 0 N–H and O–H groups in total. The predicted octanol–water partition coefficient (Wildman–Crippen LogP) is 4.80. The first-order chi connectivity index (χ1) is 14.5. The molecular weight excluding hydrogens is 374 g/mol. The summed E-state index contributed by atoms with van der Waals surface area (Å²) < 4.78 is 0. The highest BCUT2D eigenvalue weighted by Crippen LogP contribution is 2.33. The molecule has 3 aromatic rings. The largest absolute Gasteiger partial charge is 0.287 e. The van der Waals surface area contributed by atoms with Gasteiger partial charge in [-0.3, -0.25) is 19.6 Å². The molecule has 4 rings (SSSR count). The highest BCUT2D eigenvalue weighted by atomic mass is 16.2. The third kappa shape index (κ3) is 3.54. The second-order valence-corrected chi connectivity index (χ2v) is 7.54. The highest BCUT2D eigenvalue weighted by Gasteiger charge is 2.38. The molecule has 1 aliphatic rings. The van der Waals surface area contributed by atoms with Gasteiger partial charge in [0.25, 0.3) is 5.91 Å². The lowest BCUT2D eigenvalue weighted by molar-refractivity contribution is -0.118. The van der Waals surface area contributed by atoms with Gasteiger partial charge in [0.1, 0.15) is 0 Å². The Bertz CT molecular complexity index is 1140. The Labute approximate surface area is 176 Å². The zero-order valence-corrected chi connectivity index (χ0v) is 17.2. The van der Waals surface area contributed by atoms with Crippen molar-refractivity contribution < 1.29 is 9.59 Å². The van der Waals surface area contributed by atoms with Crippen LogP contribution < -0.4 is 4.90 Å². The molecule has 30 heavy (non-hydrogen) atoms. The summed E-state index contributed by atoms with van der Waals surface area (Å²) in [4.78, 5) is 36.8. The third-order valence-electron chi connectivity index (χ3n) is 5.54. The van der Waals surface area contributed by atoms with E-state index in [1.54, 1.807) is 18.5 Å². The maximum Gasteiger partial charge on any atom is 0.265 e. The molecule has 0 spiro atoms. The minimum Gasteiger partial charge on any atom is -0.287 e. The van der Waals surface area contributed by atoms with Crippen LogP contribution in [-0.2, 0) is 4.79 Å². The van der Waals surface area contributed by atoms with Crippen LogP contribution in [0.5, 0.6) is 0 Å². The number of amides is 2. The molecule has 0 radical (unpaired) electrons. The van der Waals surface area contributed by atoms with Gasteiger partial charge in [0, 0.05) is 18.0 Å². The molecule has 2 aromatic carbocycles. The molecule has 0 fully saturated rings. The highest BCUT2D eigenvalue weighted by molar-refractivity contribution is 6.29. The second-order valence-electron chi connectivity index (χ2n) is 7.54. The first-order valence-corrected chi connectivity index (χ1v) is 9.96. The van der Waals surface area contributed by atoms with E-state index in [2.05, 4.69) is 9.98 Å². The third-order valence-corrected chi connectivity index (χ3v) is 5.54. The number of hydrogen-bond donors (Lipinski definition) is 0. The van der Waals surface area contributed by atoms with E-state index < -0.39 is 5.92 Å². The van der Waals surface area contributed by atoms with Crippen LogP contribution in [0.3, 0.4) is 0 Å². The van der Waals surface area contributed by atoms with Crippen LogP contribution in [-0.4, -0.2) is 23.0 Å². The number of imide groups is 1. The standard InChI is InChI=1S/C25H23N3O2/c1-16-11-12-19(14-17(16)2)28-24(29)21-9-5-4-8-20(21)22(25(28)30)15-27-18(3)23-10-6-7-13-26-23/h4-15,18,22H,1-3H3/t18-,22-/m0/s1. The fourth-order valence-electron chi connectivity index (χ4n) is 3.62. The fourth-order valence-corrected chi connectivity index (χ4v) is 3.62. The Hall–Kier alpha value is -3.60. The van der Waals surface area contributed by atoms with Crippen LogP contribution in [0.4, 0.5) is 5.69 Å². The van der Waals surface area contributed by atoms with Crippen LogP contribution in [0, 0.1) is 13.8 Å². The summed E-state index contributed by atoms with van der Waals surface area (Å²) in [7, 11) is 0. The van der Waals surface area contributed by atoms with E-state index in [9.17, 15) is 9.59 Å². The van der Waals surface area contributed by atoms with Crippen molar-refractivity contribution in [2.75, 3.05) is 4.90 Å². The van der Waals surface area contributed by atoms with E-state index in [0.717, 1.165) is 16.8 Å². The molecule has 0 aliphatic carbocycles. The van der Waals surface area contributed by atoms with Gasteiger partial charge < -0.3 is 0 Å². The number of aromatic nitrogens is 1. The summed E-state index contributed by atoms with van der Waals surface area (Å²) in [5.41, 5.74) is 4.76. The molecule has 5 nitrogen and oxygen atoms in total. The van der Waals surface area contributed by atoms with Gasteiger partial charge in [-0.15, -0.1) is 0 Å². The zero-order chi connectivity index (χ0) is 21.3. The lowest BCUT2D eigenvalue weighted by atomic mass is 9.88. The smallest absolute Gasteiger partial charge is 0.265 e. The Morgan fingerprint density at radius 1 is 1.00 bits per heavy atom. The van der Waals surface area contributed by atoms with E-state index >= 15 is 0 Å². The number of hydrogen-bond acceptors (Lipinski definition) is 4. The van der Waals surface area contributed by atoms with Crippen molar-refractivity contribution in [1.82, 2.24) is 4.98 Å². The Morgan fingerprint density at radius 2 is 1.77 bits per heavy atom. The molecule has 1 aromatic heterocycles. The van der Waals surface area contributed by atoms with Crippen molar-refractivity contribution >= 4 is 23.7 Å². The maximum atomic E-state index is 13.4. The average Bonchev–Trinajstić information content (AvgIpc) is 2.76. The average molecular weight is 397 g/mol. The summed E-state index contributed by atoms with van der Waals surface area (Å²) in [5.74, 6) is -1.23. The summed E-state index contributed by atoms with van der Waals surface area (Å²) >= 11 is 0. The number of pyridine rings is 1. The molecule has 5 heteroatoms. The SMILES string of the molecule is Cc1ccc(N2C(=O)c3ccccc3[C@H](C=N[C@@H](C)c3ccccn3)C2=O)cc1C. The lowest BCUT2D eigenvalue weighted by Gasteiger charge is -2.31. The molecule has 150 valence electrons. The molecule has 2 heterocycles. The van der Waals surface area contributed by atoms with Gasteiger partial charge in [-0.25, -0.2) is 4.90 Å². The van der Waals surface area contributed by atoms with E-state index in [1.165, 1.54) is 4.90 Å². The molecule has 2 amide bonds. The van der Waals surface area contributed by atoms with Crippen molar-refractivity contribution in [3.63, 3.8) is 0 Å². The van der Waals surface area contributed by atoms with Crippen LogP contribution >= 0.6 is 0 Å². The minimum atomic E-state index is -0.633. The van der Waals surface area contributed by atoms with E-state index in [1.807, 2.05) is 75.4 Å². The number of nitrogens with zero attached hydrogens (tertiary/aromatic N) is 3. The topological polar surface area (TPSA) is 62.6 Å². The van der Waals surface area contributed by atoms with Gasteiger partial charge in [-0.1, -0.05) is 30.3 Å². The van der Waals surface area contributed by atoms with Crippen molar-refractivity contribution in [2.45, 2.75) is 32.7 Å². The fraction of sp³-hybridized carbons (Fsp3) is 0.200. The van der Waals surface area contributed by atoms with E-state index in [0.29, 0.717) is 16.8 Å². The first kappa shape index (κ1) is 19.7. The maximum absolute atomic E-state index is 13.4. The first-order valence-electron chi connectivity index (χ1n) is 9.96. The van der Waals surface area contributed by atoms with Crippen molar-refractivity contribution in [2.24, 2.45) is 4.99 Å². The number of fused-ring (bicyclic) bond motifs is 1. The Morgan fingerprint density at radius 3 is 2.50 bits per heavy atom. The van der Waals surface area contributed by atoms with Gasteiger partial charge in [-0.2, -0.15) is 0 Å². The molecule has 2 atom stereocenters. The Kier molecular flexibility index (Phi) is 5.27. The summed E-state index contributed by atoms with van der Waals surface area (Å²) in [6.07, 6.45) is 3.38. The van der Waals surface area contributed by atoms with Crippen LogP contribution in [0.2, 0.25) is 0 Å². The number of rotatable bonds is 4. The number of aryl methyl sites for hydroxylation is 2. The van der Waals surface area contributed by atoms with Gasteiger partial charge >= 0.3 is 0 Å². The predicted molar refractivity (Wildman–Crippen MR) is 118 cm³/mol. The van der Waals surface area contributed by atoms with Gasteiger partial charge in [0.05, 0.1) is 23.3 Å². The number of carbonyl (C=O) groups is 2. The van der Waals surface area contributed by atoms with Crippen molar-refractivity contribution in [3.05, 3.63) is 94.8 Å². The summed E-state index contributed by atoms with van der Waals surface area (Å²) in [5, 5.41) is 0. The quantitative estimate of drug-likeness (QED) is 0.469. The number of benzene rings is 2. The van der Waals surface area contributed by atoms with E-state index in [4.69, 9.17) is 0 Å². The monoisotopic (exact) mass is 397 g/mol. The molecule has 0 bridgehead atoms.